The third kappa shape index (κ3) is 2.42. The largest absolute Gasteiger partial charge is 0.481 e. The van der Waals surface area contributed by atoms with Gasteiger partial charge in [-0.15, -0.1) is 0 Å². The van der Waals surface area contributed by atoms with E-state index in [0.717, 1.165) is 17.6 Å². The summed E-state index contributed by atoms with van der Waals surface area (Å²) in [4.78, 5) is 13.7. The lowest BCUT2D eigenvalue weighted by atomic mass is 10.1. The molecule has 3 nitrogen and oxygen atoms in total. The van der Waals surface area contributed by atoms with E-state index >= 15 is 0 Å². The Kier molecular flexibility index (Phi) is 2.95. The van der Waals surface area contributed by atoms with Crippen LogP contribution in [0, 0.1) is 6.92 Å². The molecule has 2 rings (SSSR count). The zero-order valence-corrected chi connectivity index (χ0v) is 9.29. The number of nitrogens with one attached hydrogen (secondary N) is 1. The zero-order valence-electron chi connectivity index (χ0n) is 9.29. The number of benzene rings is 1. The van der Waals surface area contributed by atoms with Crippen molar-refractivity contribution >= 4 is 16.9 Å². The molecular formula is C13H15NO2. The Morgan fingerprint density at radius 1 is 1.38 bits per heavy atom. The lowest BCUT2D eigenvalue weighted by molar-refractivity contribution is -0.137. The van der Waals surface area contributed by atoms with Gasteiger partial charge < -0.3 is 10.1 Å². The Balaban J connectivity index is 2.10. The Labute approximate surface area is 94.1 Å². The van der Waals surface area contributed by atoms with Gasteiger partial charge in [-0.2, -0.15) is 0 Å². The summed E-state index contributed by atoms with van der Waals surface area (Å²) < 4.78 is 0. The number of carboxylic acid groups (broad SMARTS) is 1. The van der Waals surface area contributed by atoms with Gasteiger partial charge in [-0.25, -0.2) is 0 Å². The van der Waals surface area contributed by atoms with Crippen molar-refractivity contribution in [2.45, 2.75) is 26.2 Å². The van der Waals surface area contributed by atoms with Gasteiger partial charge in [0.05, 0.1) is 0 Å². The molecule has 0 bridgehead atoms. The normalized spacial score (nSPS) is 10.8. The molecule has 16 heavy (non-hydrogen) atoms. The minimum Gasteiger partial charge on any atom is -0.481 e. The molecule has 0 aliphatic heterocycles. The van der Waals surface area contributed by atoms with Gasteiger partial charge in [0.1, 0.15) is 0 Å². The molecular weight excluding hydrogens is 202 g/mol. The summed E-state index contributed by atoms with van der Waals surface area (Å²) in [7, 11) is 0. The number of aryl methyl sites for hydroxylation is 2. The third-order valence-corrected chi connectivity index (χ3v) is 2.67. The smallest absolute Gasteiger partial charge is 0.303 e. The fourth-order valence-corrected chi connectivity index (χ4v) is 1.87. The van der Waals surface area contributed by atoms with Crippen LogP contribution in [0.3, 0.4) is 0 Å². The van der Waals surface area contributed by atoms with Gasteiger partial charge in [0.25, 0.3) is 0 Å². The van der Waals surface area contributed by atoms with E-state index in [1.807, 2.05) is 0 Å². The average molecular weight is 217 g/mol. The molecule has 2 N–H and O–H groups in total. The standard InChI is InChI=1S/C13H15NO2/c1-9-5-6-10-8-11(14-12(10)7-9)3-2-4-13(15)16/h5-8,14H,2-4H2,1H3,(H,15,16). The number of aliphatic carboxylic acids is 1. The maximum absolute atomic E-state index is 10.4. The quantitative estimate of drug-likeness (QED) is 0.827. The number of hydrogen-bond acceptors (Lipinski definition) is 1. The molecule has 0 fully saturated rings. The predicted molar refractivity (Wildman–Crippen MR) is 63.6 cm³/mol. The molecule has 0 aliphatic carbocycles. The van der Waals surface area contributed by atoms with Crippen molar-refractivity contribution in [3.05, 3.63) is 35.5 Å². The molecule has 0 amide bonds. The molecule has 2 aromatic rings. The summed E-state index contributed by atoms with van der Waals surface area (Å²) in [6, 6.07) is 8.37. The van der Waals surface area contributed by atoms with E-state index < -0.39 is 5.97 Å². The zero-order chi connectivity index (χ0) is 11.5. The minimum atomic E-state index is -0.730. The summed E-state index contributed by atoms with van der Waals surface area (Å²) in [6.45, 7) is 2.06. The molecule has 1 aromatic heterocycles. The van der Waals surface area contributed by atoms with Crippen molar-refractivity contribution in [2.24, 2.45) is 0 Å². The van der Waals surface area contributed by atoms with Crippen molar-refractivity contribution in [1.29, 1.82) is 0 Å². The van der Waals surface area contributed by atoms with Crippen molar-refractivity contribution in [2.75, 3.05) is 0 Å². The highest BCUT2D eigenvalue weighted by Gasteiger charge is 2.02. The number of aromatic amines is 1. The number of aromatic nitrogens is 1. The number of hydrogen-bond donors (Lipinski definition) is 2. The molecule has 0 aliphatic rings. The van der Waals surface area contributed by atoms with Crippen LogP contribution in [0.15, 0.2) is 24.3 Å². The van der Waals surface area contributed by atoms with Crippen LogP contribution in [0.2, 0.25) is 0 Å². The Hall–Kier alpha value is -1.77. The van der Waals surface area contributed by atoms with Crippen molar-refractivity contribution in [3.8, 4) is 0 Å². The first kappa shape index (κ1) is 10.7. The van der Waals surface area contributed by atoms with Gasteiger partial charge in [0.2, 0.25) is 0 Å². The number of carbonyl (C=O) groups is 1. The third-order valence-electron chi connectivity index (χ3n) is 2.67. The fourth-order valence-electron chi connectivity index (χ4n) is 1.87. The number of rotatable bonds is 4. The molecule has 0 saturated carbocycles. The van der Waals surface area contributed by atoms with Crippen LogP contribution in [-0.4, -0.2) is 16.1 Å². The Bertz CT molecular complexity index is 514. The van der Waals surface area contributed by atoms with Crippen LogP contribution in [0.5, 0.6) is 0 Å². The Morgan fingerprint density at radius 2 is 2.19 bits per heavy atom. The van der Waals surface area contributed by atoms with Crippen LogP contribution < -0.4 is 0 Å². The van der Waals surface area contributed by atoms with Crippen molar-refractivity contribution < 1.29 is 9.90 Å². The van der Waals surface area contributed by atoms with E-state index in [4.69, 9.17) is 5.11 Å². The van der Waals surface area contributed by atoms with Gasteiger partial charge in [-0.05, 0) is 42.8 Å². The summed E-state index contributed by atoms with van der Waals surface area (Å²) in [5.74, 6) is -0.730. The van der Waals surface area contributed by atoms with E-state index in [-0.39, 0.29) is 6.42 Å². The average Bonchev–Trinajstić information content (AvgIpc) is 2.58. The molecule has 0 unspecified atom stereocenters. The maximum Gasteiger partial charge on any atom is 0.303 e. The lowest BCUT2D eigenvalue weighted by Gasteiger charge is -1.94. The molecule has 84 valence electrons. The highest BCUT2D eigenvalue weighted by Crippen LogP contribution is 2.17. The molecule has 0 atom stereocenters. The summed E-state index contributed by atoms with van der Waals surface area (Å²) >= 11 is 0. The highest BCUT2D eigenvalue weighted by molar-refractivity contribution is 5.81. The minimum absolute atomic E-state index is 0.231. The van der Waals surface area contributed by atoms with Crippen molar-refractivity contribution in [3.63, 3.8) is 0 Å². The SMILES string of the molecule is Cc1ccc2cc(CCCC(=O)O)[nH]c2c1. The molecule has 0 radical (unpaired) electrons. The number of H-pyrrole nitrogens is 1. The molecule has 1 heterocycles. The van der Waals surface area contributed by atoms with Gasteiger partial charge >= 0.3 is 5.97 Å². The fraction of sp³-hybridized carbons (Fsp3) is 0.308. The van der Waals surface area contributed by atoms with Gasteiger partial charge in [-0.1, -0.05) is 12.1 Å². The summed E-state index contributed by atoms with van der Waals surface area (Å²) in [5, 5.41) is 9.75. The van der Waals surface area contributed by atoms with Crippen LogP contribution in [-0.2, 0) is 11.2 Å². The molecule has 3 heteroatoms. The molecule has 0 spiro atoms. The van der Waals surface area contributed by atoms with Crippen LogP contribution in [0.25, 0.3) is 10.9 Å². The van der Waals surface area contributed by atoms with E-state index in [9.17, 15) is 4.79 Å². The molecule has 1 aromatic carbocycles. The molecule has 0 saturated heterocycles. The van der Waals surface area contributed by atoms with Gasteiger partial charge in [-0.3, -0.25) is 4.79 Å². The van der Waals surface area contributed by atoms with Crippen LogP contribution in [0.1, 0.15) is 24.1 Å². The second-order valence-corrected chi connectivity index (χ2v) is 4.13. The Morgan fingerprint density at radius 3 is 2.94 bits per heavy atom. The van der Waals surface area contributed by atoms with E-state index in [2.05, 4.69) is 36.2 Å². The number of fused-ring (bicyclic) bond motifs is 1. The van der Waals surface area contributed by atoms with Crippen LogP contribution >= 0.6 is 0 Å². The first-order valence-electron chi connectivity index (χ1n) is 5.45. The van der Waals surface area contributed by atoms with E-state index in [0.29, 0.717) is 6.42 Å². The second kappa shape index (κ2) is 4.39. The summed E-state index contributed by atoms with van der Waals surface area (Å²) in [5.41, 5.74) is 3.47. The number of carboxylic acids is 1. The lowest BCUT2D eigenvalue weighted by Crippen LogP contribution is -1.95. The summed E-state index contributed by atoms with van der Waals surface area (Å²) in [6.07, 6.45) is 1.70. The maximum atomic E-state index is 10.4. The van der Waals surface area contributed by atoms with Crippen molar-refractivity contribution in [1.82, 2.24) is 4.98 Å². The van der Waals surface area contributed by atoms with Gasteiger partial charge in [0.15, 0.2) is 0 Å². The first-order chi connectivity index (χ1) is 7.65. The van der Waals surface area contributed by atoms with E-state index in [1.165, 1.54) is 10.9 Å². The topological polar surface area (TPSA) is 53.1 Å². The van der Waals surface area contributed by atoms with Gasteiger partial charge in [0, 0.05) is 17.6 Å². The monoisotopic (exact) mass is 217 g/mol. The van der Waals surface area contributed by atoms with E-state index in [1.54, 1.807) is 0 Å². The first-order valence-corrected chi connectivity index (χ1v) is 5.45. The van der Waals surface area contributed by atoms with Crippen LogP contribution in [0.4, 0.5) is 0 Å². The second-order valence-electron chi connectivity index (χ2n) is 4.13. The predicted octanol–water partition coefficient (Wildman–Crippen LogP) is 2.88. The highest BCUT2D eigenvalue weighted by atomic mass is 16.4.